The Balaban J connectivity index is 2.12. The minimum Gasteiger partial charge on any atom is -0.756 e. The molecule has 11 heteroatoms. The zero-order chi connectivity index (χ0) is 17.2. The van der Waals surface area contributed by atoms with Gasteiger partial charge in [0.1, 0.15) is 17.8 Å². The van der Waals surface area contributed by atoms with E-state index in [1.807, 2.05) is 0 Å². The van der Waals surface area contributed by atoms with Crippen molar-refractivity contribution in [2.45, 2.75) is 24.5 Å². The summed E-state index contributed by atoms with van der Waals surface area (Å²) in [5, 5.41) is 20.0. The van der Waals surface area contributed by atoms with Crippen LogP contribution in [-0.4, -0.2) is 48.1 Å². The molecule has 1 aromatic heterocycles. The van der Waals surface area contributed by atoms with Gasteiger partial charge in [-0.1, -0.05) is 0 Å². The van der Waals surface area contributed by atoms with Crippen molar-refractivity contribution in [1.29, 1.82) is 0 Å². The van der Waals surface area contributed by atoms with E-state index < -0.39 is 44.9 Å². The van der Waals surface area contributed by atoms with Crippen molar-refractivity contribution in [2.75, 3.05) is 13.7 Å². The Morgan fingerprint density at radius 2 is 2.22 bits per heavy atom. The first-order chi connectivity index (χ1) is 10.7. The molecule has 1 amide bonds. The number of ether oxygens (including phenoxy) is 1. The number of carbonyl (C=O) groups excluding carboxylic acids is 1. The molecule has 1 aliphatic rings. The van der Waals surface area contributed by atoms with Crippen LogP contribution in [0.25, 0.3) is 0 Å². The predicted molar refractivity (Wildman–Crippen MR) is 71.6 cm³/mol. The highest BCUT2D eigenvalue weighted by molar-refractivity contribution is 7.45. The number of aliphatic hydroxyl groups excluding tert-OH is 2. The summed E-state index contributed by atoms with van der Waals surface area (Å²) < 4.78 is 26.6. The first-order valence-corrected chi connectivity index (χ1v) is 8.05. The van der Waals surface area contributed by atoms with E-state index >= 15 is 0 Å². The largest absolute Gasteiger partial charge is 0.756 e. The Hall–Kier alpha value is -1.39. The van der Waals surface area contributed by atoms with Gasteiger partial charge in [0.05, 0.1) is 6.61 Å². The number of amides is 1. The molecule has 2 heterocycles. The number of phosphoric ester groups is 1. The minimum absolute atomic E-state index is 0.181. The van der Waals surface area contributed by atoms with Crippen molar-refractivity contribution < 1.29 is 42.8 Å². The molecular formula is C12H17N2O8P. The molecule has 10 nitrogen and oxygen atoms in total. The van der Waals surface area contributed by atoms with Crippen molar-refractivity contribution in [2.24, 2.45) is 5.73 Å². The summed E-state index contributed by atoms with van der Waals surface area (Å²) >= 11 is 0. The second kappa shape index (κ2) is 7.02. The summed E-state index contributed by atoms with van der Waals surface area (Å²) in [7, 11) is -3.54. The van der Waals surface area contributed by atoms with Gasteiger partial charge < -0.3 is 34.6 Å². The molecule has 0 saturated carbocycles. The molecule has 23 heavy (non-hydrogen) atoms. The first-order valence-electron chi connectivity index (χ1n) is 6.58. The lowest BCUT2D eigenvalue weighted by Crippen LogP contribution is -2.46. The topological polar surface area (TPSA) is 155 Å². The van der Waals surface area contributed by atoms with Crippen molar-refractivity contribution >= 4 is 13.7 Å². The molecule has 2 rings (SSSR count). The highest BCUT2D eigenvalue weighted by Gasteiger charge is 2.48. The fourth-order valence-corrected chi connectivity index (χ4v) is 2.56. The molecule has 1 aromatic rings. The second-order valence-corrected chi connectivity index (χ2v) is 6.39. The van der Waals surface area contributed by atoms with Gasteiger partial charge in [-0.15, -0.1) is 0 Å². The van der Waals surface area contributed by atoms with Gasteiger partial charge in [0, 0.05) is 13.2 Å². The smallest absolute Gasteiger partial charge is 0.292 e. The molecule has 2 unspecified atom stereocenters. The number of carbonyl (C=O) groups is 1. The van der Waals surface area contributed by atoms with Gasteiger partial charge in [-0.2, -0.15) is 4.57 Å². The monoisotopic (exact) mass is 348 g/mol. The molecule has 0 radical (unpaired) electrons. The number of pyridine rings is 1. The molecular weight excluding hydrogens is 331 g/mol. The van der Waals surface area contributed by atoms with Crippen LogP contribution >= 0.6 is 7.82 Å². The SMILES string of the molecule is COP(=O)([O-])OC[C@H]1OC([n+]2cccc(C(N)=O)c2)[C@H](O)[C@@H]1O. The molecule has 1 aliphatic heterocycles. The normalized spacial score (nSPS) is 30.1. The maximum atomic E-state index is 11.2. The van der Waals surface area contributed by atoms with Crippen LogP contribution in [-0.2, 0) is 18.3 Å². The van der Waals surface area contributed by atoms with Crippen LogP contribution in [0, 0.1) is 0 Å². The third-order valence-corrected chi connectivity index (χ3v) is 4.27. The highest BCUT2D eigenvalue weighted by atomic mass is 31.2. The lowest BCUT2D eigenvalue weighted by molar-refractivity contribution is -0.765. The minimum atomic E-state index is -4.48. The molecule has 0 spiro atoms. The van der Waals surface area contributed by atoms with Gasteiger partial charge in [0.15, 0.2) is 18.5 Å². The van der Waals surface area contributed by atoms with Crippen LogP contribution in [0.1, 0.15) is 16.6 Å². The maximum Gasteiger partial charge on any atom is 0.292 e. The summed E-state index contributed by atoms with van der Waals surface area (Å²) in [4.78, 5) is 22.3. The number of phosphoric acid groups is 1. The van der Waals surface area contributed by atoms with Gasteiger partial charge in [0.2, 0.25) is 0 Å². The third kappa shape index (κ3) is 4.12. The number of aromatic nitrogens is 1. The van der Waals surface area contributed by atoms with E-state index in [1.54, 1.807) is 0 Å². The molecule has 0 aliphatic carbocycles. The van der Waals surface area contributed by atoms with Crippen LogP contribution in [0.5, 0.6) is 0 Å². The summed E-state index contributed by atoms with van der Waals surface area (Å²) in [5.74, 6) is -0.667. The number of nitrogens with zero attached hydrogens (tertiary/aromatic N) is 1. The molecule has 5 atom stereocenters. The average Bonchev–Trinajstić information content (AvgIpc) is 2.81. The standard InChI is InChI=1S/C12H17N2O8P/c1-20-23(18,19)21-6-8-9(15)10(16)12(22-8)14-4-2-3-7(5-14)11(13)17/h2-5,8-10,12,15-16H,6H2,1H3,(H2-,13,17,18,19)/t8-,9-,10-,12?/m1/s1. The van der Waals surface area contributed by atoms with E-state index in [-0.39, 0.29) is 5.56 Å². The van der Waals surface area contributed by atoms with Crippen LogP contribution in [0.15, 0.2) is 24.5 Å². The van der Waals surface area contributed by atoms with Crippen LogP contribution in [0.2, 0.25) is 0 Å². The van der Waals surface area contributed by atoms with Gasteiger partial charge in [-0.3, -0.25) is 9.36 Å². The molecule has 1 fully saturated rings. The van der Waals surface area contributed by atoms with Gasteiger partial charge in [-0.25, -0.2) is 0 Å². The van der Waals surface area contributed by atoms with Crippen LogP contribution < -0.4 is 15.2 Å². The number of aliphatic hydroxyl groups is 2. The lowest BCUT2D eigenvalue weighted by atomic mass is 10.1. The van der Waals surface area contributed by atoms with Gasteiger partial charge in [0.25, 0.3) is 20.0 Å². The van der Waals surface area contributed by atoms with Crippen molar-refractivity contribution in [3.63, 3.8) is 0 Å². The summed E-state index contributed by atoms with van der Waals surface area (Å²) in [6.07, 6.45) is -2.03. The highest BCUT2D eigenvalue weighted by Crippen LogP contribution is 2.38. The molecule has 0 bridgehead atoms. The Morgan fingerprint density at radius 3 is 2.83 bits per heavy atom. The number of hydrogen-bond donors (Lipinski definition) is 3. The van der Waals surface area contributed by atoms with Crippen LogP contribution in [0.3, 0.4) is 0 Å². The Morgan fingerprint density at radius 1 is 1.52 bits per heavy atom. The van der Waals surface area contributed by atoms with E-state index in [1.165, 1.54) is 29.1 Å². The van der Waals surface area contributed by atoms with Gasteiger partial charge >= 0.3 is 0 Å². The quantitative estimate of drug-likeness (QED) is 0.387. The van der Waals surface area contributed by atoms with E-state index in [0.29, 0.717) is 0 Å². The number of hydrogen-bond acceptors (Lipinski definition) is 8. The zero-order valence-corrected chi connectivity index (χ0v) is 13.0. The van der Waals surface area contributed by atoms with Crippen molar-refractivity contribution in [1.82, 2.24) is 0 Å². The zero-order valence-electron chi connectivity index (χ0n) is 12.1. The van der Waals surface area contributed by atoms with Crippen molar-refractivity contribution in [3.05, 3.63) is 30.1 Å². The predicted octanol–water partition coefficient (Wildman–Crippen LogP) is -2.18. The number of nitrogens with two attached hydrogens (primary N) is 1. The number of primary amides is 1. The fraction of sp³-hybridized carbons (Fsp3) is 0.500. The second-order valence-electron chi connectivity index (χ2n) is 4.88. The molecule has 128 valence electrons. The summed E-state index contributed by atoms with van der Waals surface area (Å²) in [5.41, 5.74) is 5.36. The Kier molecular flexibility index (Phi) is 5.48. The molecule has 0 aromatic carbocycles. The first kappa shape index (κ1) is 18.0. The fourth-order valence-electron chi connectivity index (χ4n) is 2.13. The Bertz CT molecular complexity index is 627. The van der Waals surface area contributed by atoms with E-state index in [0.717, 1.165) is 7.11 Å². The molecule has 1 saturated heterocycles. The van der Waals surface area contributed by atoms with E-state index in [9.17, 15) is 24.5 Å². The Labute approximate surface area is 131 Å². The van der Waals surface area contributed by atoms with E-state index in [2.05, 4.69) is 9.05 Å². The van der Waals surface area contributed by atoms with Gasteiger partial charge in [-0.05, 0) is 6.07 Å². The molecule has 4 N–H and O–H groups in total. The number of rotatable bonds is 6. The third-order valence-electron chi connectivity index (χ3n) is 3.36. The van der Waals surface area contributed by atoms with E-state index in [4.69, 9.17) is 10.5 Å². The summed E-state index contributed by atoms with van der Waals surface area (Å²) in [6, 6.07) is 2.99. The average molecular weight is 348 g/mol. The van der Waals surface area contributed by atoms with Crippen molar-refractivity contribution in [3.8, 4) is 0 Å². The maximum absolute atomic E-state index is 11.2. The summed E-state index contributed by atoms with van der Waals surface area (Å²) in [6.45, 7) is -0.528. The lowest BCUT2D eigenvalue weighted by Gasteiger charge is -2.22. The van der Waals surface area contributed by atoms with Crippen LogP contribution in [0.4, 0.5) is 0 Å².